The lowest BCUT2D eigenvalue weighted by Crippen LogP contribution is -2.15. The second-order valence-electron chi connectivity index (χ2n) is 5.49. The molecule has 25 heavy (non-hydrogen) atoms. The van der Waals surface area contributed by atoms with E-state index in [-0.39, 0.29) is 11.5 Å². The lowest BCUT2D eigenvalue weighted by Gasteiger charge is -2.13. The van der Waals surface area contributed by atoms with Gasteiger partial charge in [-0.05, 0) is 68.3 Å². The van der Waals surface area contributed by atoms with E-state index in [1.165, 1.54) is 24.3 Å². The predicted octanol–water partition coefficient (Wildman–Crippen LogP) is 3.29. The number of sulfonamides is 1. The molecule has 0 aliphatic heterocycles. The van der Waals surface area contributed by atoms with Gasteiger partial charge in [-0.15, -0.1) is 0 Å². The molecule has 0 aliphatic rings. The summed E-state index contributed by atoms with van der Waals surface area (Å²) >= 11 is 0. The maximum absolute atomic E-state index is 12.7. The molecule has 0 radical (unpaired) electrons. The normalized spacial score (nSPS) is 11.0. The van der Waals surface area contributed by atoms with Crippen LogP contribution in [0.25, 0.3) is 0 Å². The van der Waals surface area contributed by atoms with Crippen LogP contribution in [-0.2, 0) is 14.8 Å². The van der Waals surface area contributed by atoms with Gasteiger partial charge in [0.15, 0.2) is 0 Å². The van der Waals surface area contributed by atoms with Gasteiger partial charge in [-0.1, -0.05) is 0 Å². The Balaban J connectivity index is 2.27. The molecule has 7 heteroatoms. The second kappa shape index (κ2) is 7.57. The number of aryl methyl sites for hydroxylation is 2. The molecule has 0 amide bonds. The van der Waals surface area contributed by atoms with Gasteiger partial charge in [-0.2, -0.15) is 0 Å². The van der Waals surface area contributed by atoms with Crippen LogP contribution < -0.4 is 9.46 Å². The largest absolute Gasteiger partial charge is 0.496 e. The first-order valence-electron chi connectivity index (χ1n) is 7.73. The molecule has 0 spiro atoms. The third-order valence-corrected chi connectivity index (χ3v) is 5.15. The van der Waals surface area contributed by atoms with Crippen LogP contribution in [0.5, 0.6) is 5.75 Å². The van der Waals surface area contributed by atoms with E-state index < -0.39 is 16.0 Å². The molecular formula is C18H21NO5S. The van der Waals surface area contributed by atoms with Crippen molar-refractivity contribution >= 4 is 21.7 Å². The fourth-order valence-electron chi connectivity index (χ4n) is 2.37. The highest BCUT2D eigenvalue weighted by Crippen LogP contribution is 2.27. The average molecular weight is 363 g/mol. The zero-order valence-electron chi connectivity index (χ0n) is 14.6. The minimum Gasteiger partial charge on any atom is -0.496 e. The van der Waals surface area contributed by atoms with Crippen LogP contribution in [0.4, 0.5) is 5.69 Å². The molecule has 2 aromatic rings. The monoisotopic (exact) mass is 363 g/mol. The number of methoxy groups -OCH3 is 1. The molecule has 0 saturated carbocycles. The summed E-state index contributed by atoms with van der Waals surface area (Å²) in [5.41, 5.74) is 2.03. The summed E-state index contributed by atoms with van der Waals surface area (Å²) in [5.74, 6) is 0.189. The molecule has 0 unspecified atom stereocenters. The van der Waals surface area contributed by atoms with Crippen molar-refractivity contribution in [2.45, 2.75) is 25.7 Å². The van der Waals surface area contributed by atoms with Crippen molar-refractivity contribution in [1.82, 2.24) is 0 Å². The molecule has 2 rings (SSSR count). The lowest BCUT2D eigenvalue weighted by molar-refractivity contribution is 0.0526. The molecule has 2 aromatic carbocycles. The van der Waals surface area contributed by atoms with E-state index in [4.69, 9.17) is 9.47 Å². The molecule has 0 fully saturated rings. The van der Waals surface area contributed by atoms with E-state index >= 15 is 0 Å². The van der Waals surface area contributed by atoms with Crippen molar-refractivity contribution in [2.24, 2.45) is 0 Å². The van der Waals surface area contributed by atoms with E-state index in [0.717, 1.165) is 5.56 Å². The standard InChI is InChI=1S/C18H21NO5S/c1-5-24-18(20)14-6-8-15(9-7-14)19-25(21,22)17-11-12(2)16(23-4)10-13(17)3/h6-11,19H,5H2,1-4H3. The van der Waals surface area contributed by atoms with Gasteiger partial charge < -0.3 is 9.47 Å². The van der Waals surface area contributed by atoms with Gasteiger partial charge in [-0.3, -0.25) is 4.72 Å². The summed E-state index contributed by atoms with van der Waals surface area (Å²) in [4.78, 5) is 11.8. The first-order chi connectivity index (χ1) is 11.8. The number of hydrogen-bond acceptors (Lipinski definition) is 5. The third-order valence-electron chi connectivity index (χ3n) is 3.63. The summed E-state index contributed by atoms with van der Waals surface area (Å²) in [6, 6.07) is 9.34. The molecule has 6 nitrogen and oxygen atoms in total. The predicted molar refractivity (Wildman–Crippen MR) is 95.7 cm³/mol. The highest BCUT2D eigenvalue weighted by atomic mass is 32.2. The molecule has 0 aromatic heterocycles. The zero-order valence-corrected chi connectivity index (χ0v) is 15.4. The third kappa shape index (κ3) is 4.30. The lowest BCUT2D eigenvalue weighted by atomic mass is 10.1. The Morgan fingerprint density at radius 3 is 2.28 bits per heavy atom. The van der Waals surface area contributed by atoms with Gasteiger partial charge in [-0.25, -0.2) is 13.2 Å². The number of benzene rings is 2. The van der Waals surface area contributed by atoms with Crippen LogP contribution in [0.15, 0.2) is 41.3 Å². The molecule has 0 heterocycles. The second-order valence-corrected chi connectivity index (χ2v) is 7.14. The van der Waals surface area contributed by atoms with Gasteiger partial charge in [0.05, 0.1) is 24.2 Å². The molecular weight excluding hydrogens is 342 g/mol. The van der Waals surface area contributed by atoms with Crippen molar-refractivity contribution in [3.05, 3.63) is 53.1 Å². The van der Waals surface area contributed by atoms with E-state index in [9.17, 15) is 13.2 Å². The van der Waals surface area contributed by atoms with Crippen LogP contribution in [0, 0.1) is 13.8 Å². The van der Waals surface area contributed by atoms with Gasteiger partial charge >= 0.3 is 5.97 Å². The average Bonchev–Trinajstić information content (AvgIpc) is 2.57. The molecule has 0 atom stereocenters. The number of hydrogen-bond donors (Lipinski definition) is 1. The number of anilines is 1. The van der Waals surface area contributed by atoms with Crippen molar-refractivity contribution in [2.75, 3.05) is 18.4 Å². The van der Waals surface area contributed by atoms with Crippen molar-refractivity contribution < 1.29 is 22.7 Å². The molecule has 1 N–H and O–H groups in total. The van der Waals surface area contributed by atoms with Gasteiger partial charge in [0.2, 0.25) is 0 Å². The van der Waals surface area contributed by atoms with E-state index in [1.54, 1.807) is 40.0 Å². The summed E-state index contributed by atoms with van der Waals surface area (Å²) < 4.78 is 37.9. The maximum atomic E-state index is 12.7. The first-order valence-corrected chi connectivity index (χ1v) is 9.22. The summed E-state index contributed by atoms with van der Waals surface area (Å²) in [6.45, 7) is 5.49. The molecule has 134 valence electrons. The van der Waals surface area contributed by atoms with Crippen LogP contribution in [-0.4, -0.2) is 28.1 Å². The Bertz CT molecular complexity index is 873. The Kier molecular flexibility index (Phi) is 5.69. The van der Waals surface area contributed by atoms with E-state index in [2.05, 4.69) is 4.72 Å². The summed E-state index contributed by atoms with van der Waals surface area (Å²) in [6.07, 6.45) is 0. The van der Waals surface area contributed by atoms with Gasteiger partial charge in [0, 0.05) is 5.69 Å². The zero-order chi connectivity index (χ0) is 18.6. The minimum absolute atomic E-state index is 0.181. The molecule has 0 saturated heterocycles. The maximum Gasteiger partial charge on any atom is 0.338 e. The Hall–Kier alpha value is -2.54. The van der Waals surface area contributed by atoms with Gasteiger partial charge in [0.1, 0.15) is 5.75 Å². The van der Waals surface area contributed by atoms with Crippen molar-refractivity contribution in [3.63, 3.8) is 0 Å². The van der Waals surface area contributed by atoms with Gasteiger partial charge in [0.25, 0.3) is 10.0 Å². The minimum atomic E-state index is -3.76. The van der Waals surface area contributed by atoms with Crippen LogP contribution in [0.1, 0.15) is 28.4 Å². The SMILES string of the molecule is CCOC(=O)c1ccc(NS(=O)(=O)c2cc(C)c(OC)cc2C)cc1. The number of nitrogens with one attached hydrogen (secondary N) is 1. The number of rotatable bonds is 6. The van der Waals surface area contributed by atoms with Crippen molar-refractivity contribution in [1.29, 1.82) is 0 Å². The molecule has 0 aliphatic carbocycles. The summed E-state index contributed by atoms with van der Waals surface area (Å²) in [7, 11) is -2.22. The van der Waals surface area contributed by atoms with Crippen LogP contribution in [0.3, 0.4) is 0 Å². The number of carbonyl (C=O) groups excluding carboxylic acids is 1. The first kappa shape index (κ1) is 18.8. The Morgan fingerprint density at radius 2 is 1.72 bits per heavy atom. The van der Waals surface area contributed by atoms with E-state index in [1.807, 2.05) is 0 Å². The molecule has 0 bridgehead atoms. The van der Waals surface area contributed by atoms with E-state index in [0.29, 0.717) is 22.6 Å². The smallest absolute Gasteiger partial charge is 0.338 e. The Labute approximate surface area is 147 Å². The topological polar surface area (TPSA) is 81.7 Å². The Morgan fingerprint density at radius 1 is 1.08 bits per heavy atom. The fraction of sp³-hybridized carbons (Fsp3) is 0.278. The van der Waals surface area contributed by atoms with Crippen molar-refractivity contribution in [3.8, 4) is 5.75 Å². The summed E-state index contributed by atoms with van der Waals surface area (Å²) in [5, 5.41) is 0. The number of ether oxygens (including phenoxy) is 2. The highest BCUT2D eigenvalue weighted by Gasteiger charge is 2.19. The number of carbonyl (C=O) groups is 1. The quantitative estimate of drug-likeness (QED) is 0.797. The highest BCUT2D eigenvalue weighted by molar-refractivity contribution is 7.92. The van der Waals surface area contributed by atoms with Crippen LogP contribution >= 0.6 is 0 Å². The number of esters is 1. The van der Waals surface area contributed by atoms with Crippen LogP contribution in [0.2, 0.25) is 0 Å². The fourth-order valence-corrected chi connectivity index (χ4v) is 3.74.